The number of esters is 4. The van der Waals surface area contributed by atoms with Gasteiger partial charge >= 0.3 is 23.9 Å². The van der Waals surface area contributed by atoms with Crippen molar-refractivity contribution in [2.75, 3.05) is 0 Å². The molecule has 0 bridgehead atoms. The summed E-state index contributed by atoms with van der Waals surface area (Å²) in [6, 6.07) is 0. The summed E-state index contributed by atoms with van der Waals surface area (Å²) in [7, 11) is 0. The average molecular weight is 721 g/mol. The molecule has 0 aromatic rings. The Kier molecular flexibility index (Phi) is 20.2. The summed E-state index contributed by atoms with van der Waals surface area (Å²) < 4.78 is 35.2. The number of carbonyl (C=O) groups is 4. The van der Waals surface area contributed by atoms with E-state index in [4.69, 9.17) is 28.4 Å². The molecule has 10 heteroatoms. The van der Waals surface area contributed by atoms with Gasteiger partial charge in [-0.2, -0.15) is 0 Å². The SMILES string of the molecule is CCCCCCCCCCCCCC[C@@H](OC(C)=O)[C@H]1CC[C@H]([C@H]2CC[C@H]([C@@H](CCCC[C@H](CC3=C[C@H](C)OC3=O)OC(C)=O)OC(C)=O)O2)O1. The highest BCUT2D eigenvalue weighted by molar-refractivity contribution is 5.90. The second-order valence-corrected chi connectivity index (χ2v) is 15.1. The number of hydrogen-bond acceptors (Lipinski definition) is 10. The van der Waals surface area contributed by atoms with Crippen molar-refractivity contribution in [3.05, 3.63) is 11.6 Å². The fraction of sp³-hybridized carbons (Fsp3) is 0.854. The van der Waals surface area contributed by atoms with Gasteiger partial charge in [-0.25, -0.2) is 4.79 Å². The molecule has 0 radical (unpaired) electrons. The van der Waals surface area contributed by atoms with Gasteiger partial charge in [0.15, 0.2) is 0 Å². The lowest BCUT2D eigenvalue weighted by Gasteiger charge is -2.27. The van der Waals surface area contributed by atoms with Crippen LogP contribution in [-0.2, 0) is 47.6 Å². The Morgan fingerprint density at radius 2 is 1.08 bits per heavy atom. The quantitative estimate of drug-likeness (QED) is 0.0487. The minimum Gasteiger partial charge on any atom is -0.462 e. The highest BCUT2D eigenvalue weighted by atomic mass is 16.6. The van der Waals surface area contributed by atoms with Crippen molar-refractivity contribution < 1.29 is 47.6 Å². The molecule has 3 aliphatic rings. The summed E-state index contributed by atoms with van der Waals surface area (Å²) in [5, 5.41) is 0. The van der Waals surface area contributed by atoms with Crippen molar-refractivity contribution in [1.82, 2.24) is 0 Å². The molecule has 0 saturated carbocycles. The molecular formula is C41H68O10. The van der Waals surface area contributed by atoms with Crippen LogP contribution in [0.4, 0.5) is 0 Å². The molecule has 0 aliphatic carbocycles. The largest absolute Gasteiger partial charge is 0.462 e. The van der Waals surface area contributed by atoms with Crippen molar-refractivity contribution in [3.63, 3.8) is 0 Å². The van der Waals surface area contributed by atoms with Gasteiger partial charge in [0, 0.05) is 32.8 Å². The summed E-state index contributed by atoms with van der Waals surface area (Å²) in [6.07, 6.45) is 22.4. The summed E-state index contributed by atoms with van der Waals surface area (Å²) in [4.78, 5) is 47.8. The van der Waals surface area contributed by atoms with Gasteiger partial charge in [0.2, 0.25) is 0 Å². The Labute approximate surface area is 307 Å². The summed E-state index contributed by atoms with van der Waals surface area (Å²) in [5.41, 5.74) is 0.539. The van der Waals surface area contributed by atoms with E-state index in [1.165, 1.54) is 85.0 Å². The Morgan fingerprint density at radius 1 is 0.647 bits per heavy atom. The zero-order chi connectivity index (χ0) is 37.0. The first kappa shape index (κ1) is 42.9. The second-order valence-electron chi connectivity index (χ2n) is 15.1. The number of unbranched alkanes of at least 4 members (excludes halogenated alkanes) is 12. The minimum atomic E-state index is -0.422. The van der Waals surface area contributed by atoms with E-state index in [1.807, 2.05) is 0 Å². The fourth-order valence-corrected chi connectivity index (χ4v) is 7.91. The van der Waals surface area contributed by atoms with Gasteiger partial charge in [0.25, 0.3) is 0 Å². The van der Waals surface area contributed by atoms with E-state index in [0.717, 1.165) is 57.8 Å². The first-order valence-electron chi connectivity index (χ1n) is 20.3. The molecule has 0 amide bonds. The Bertz CT molecular complexity index is 1090. The third-order valence-electron chi connectivity index (χ3n) is 10.4. The highest BCUT2D eigenvalue weighted by Gasteiger charge is 2.42. The third kappa shape index (κ3) is 16.8. The lowest BCUT2D eigenvalue weighted by molar-refractivity contribution is -0.164. The zero-order valence-corrected chi connectivity index (χ0v) is 32.3. The van der Waals surface area contributed by atoms with E-state index in [9.17, 15) is 19.2 Å². The predicted octanol–water partition coefficient (Wildman–Crippen LogP) is 8.79. The van der Waals surface area contributed by atoms with Crippen molar-refractivity contribution in [3.8, 4) is 0 Å². The number of ether oxygens (including phenoxy) is 6. The third-order valence-corrected chi connectivity index (χ3v) is 10.4. The molecule has 0 aromatic heterocycles. The Balaban J connectivity index is 1.39. The summed E-state index contributed by atoms with van der Waals surface area (Å²) in [5.74, 6) is -1.35. The van der Waals surface area contributed by atoms with Crippen LogP contribution in [0.1, 0.15) is 176 Å². The van der Waals surface area contributed by atoms with E-state index < -0.39 is 6.10 Å². The van der Waals surface area contributed by atoms with E-state index in [2.05, 4.69) is 6.92 Å². The first-order chi connectivity index (χ1) is 24.5. The van der Waals surface area contributed by atoms with Crippen LogP contribution in [0.25, 0.3) is 0 Å². The summed E-state index contributed by atoms with van der Waals surface area (Å²) >= 11 is 0. The van der Waals surface area contributed by atoms with Crippen LogP contribution >= 0.6 is 0 Å². The van der Waals surface area contributed by atoms with Crippen LogP contribution in [0.5, 0.6) is 0 Å². The molecule has 0 aromatic carbocycles. The number of carbonyl (C=O) groups excluding carboxylic acids is 4. The first-order valence-corrected chi connectivity index (χ1v) is 20.3. The number of cyclic esters (lactones) is 1. The smallest absolute Gasteiger partial charge is 0.334 e. The minimum absolute atomic E-state index is 0.0817. The van der Waals surface area contributed by atoms with Gasteiger partial charge in [-0.1, -0.05) is 77.6 Å². The van der Waals surface area contributed by atoms with Crippen LogP contribution in [0.2, 0.25) is 0 Å². The van der Waals surface area contributed by atoms with Crippen molar-refractivity contribution in [2.45, 2.75) is 225 Å². The van der Waals surface area contributed by atoms with Gasteiger partial charge in [-0.05, 0) is 77.2 Å². The molecule has 292 valence electrons. The topological polar surface area (TPSA) is 124 Å². The van der Waals surface area contributed by atoms with E-state index in [0.29, 0.717) is 24.8 Å². The van der Waals surface area contributed by atoms with Crippen LogP contribution in [0, 0.1) is 0 Å². The normalized spacial score (nSPS) is 24.8. The van der Waals surface area contributed by atoms with Crippen LogP contribution in [-0.4, -0.2) is 72.7 Å². The maximum absolute atomic E-state index is 12.1. The average Bonchev–Trinajstić information content (AvgIpc) is 3.82. The van der Waals surface area contributed by atoms with Gasteiger partial charge in [0.05, 0.1) is 24.4 Å². The second kappa shape index (κ2) is 24.0. The maximum Gasteiger partial charge on any atom is 0.334 e. The van der Waals surface area contributed by atoms with E-state index >= 15 is 0 Å². The van der Waals surface area contributed by atoms with Crippen molar-refractivity contribution in [2.24, 2.45) is 0 Å². The van der Waals surface area contributed by atoms with Gasteiger partial charge in [0.1, 0.15) is 24.4 Å². The lowest BCUT2D eigenvalue weighted by atomic mass is 9.99. The van der Waals surface area contributed by atoms with Gasteiger partial charge < -0.3 is 28.4 Å². The summed E-state index contributed by atoms with van der Waals surface area (Å²) in [6.45, 7) is 8.32. The molecule has 8 atom stereocenters. The molecule has 2 fully saturated rings. The molecule has 0 N–H and O–H groups in total. The fourth-order valence-electron chi connectivity index (χ4n) is 7.91. The van der Waals surface area contributed by atoms with Crippen molar-refractivity contribution >= 4 is 23.9 Å². The molecule has 3 rings (SSSR count). The van der Waals surface area contributed by atoms with Crippen molar-refractivity contribution in [1.29, 1.82) is 0 Å². The van der Waals surface area contributed by atoms with Gasteiger partial charge in [-0.3, -0.25) is 14.4 Å². The number of rotatable bonds is 26. The lowest BCUT2D eigenvalue weighted by Crippen LogP contribution is -2.35. The highest BCUT2D eigenvalue weighted by Crippen LogP contribution is 2.36. The molecule has 0 spiro atoms. The maximum atomic E-state index is 12.1. The van der Waals surface area contributed by atoms with E-state index in [-0.39, 0.29) is 66.6 Å². The molecule has 10 nitrogen and oxygen atoms in total. The molecule has 0 unspecified atom stereocenters. The Morgan fingerprint density at radius 3 is 1.51 bits per heavy atom. The number of hydrogen-bond donors (Lipinski definition) is 0. The monoisotopic (exact) mass is 720 g/mol. The van der Waals surface area contributed by atoms with Crippen LogP contribution in [0.3, 0.4) is 0 Å². The van der Waals surface area contributed by atoms with Crippen LogP contribution in [0.15, 0.2) is 11.6 Å². The zero-order valence-electron chi connectivity index (χ0n) is 32.3. The molecular weight excluding hydrogens is 652 g/mol. The molecule has 51 heavy (non-hydrogen) atoms. The molecule has 3 aliphatic heterocycles. The standard InChI is InChI=1S/C41H68O10/c1-6-7-8-9-10-11-12-13-14-15-16-17-21-35(48-31(4)43)37-23-25-39(50-37)40-26-24-38(51-40)36(49-32(5)44)22-19-18-20-34(47-30(3)42)28-33-27-29(2)46-41(33)45/h27,29,34-40H,6-26,28H2,1-5H3/t29-,34+,35+,36+,37+,38+,39+,40+/m0/s1. The van der Waals surface area contributed by atoms with E-state index in [1.54, 1.807) is 13.0 Å². The Hall–Kier alpha value is -2.46. The predicted molar refractivity (Wildman–Crippen MR) is 195 cm³/mol. The molecule has 2 saturated heterocycles. The van der Waals surface area contributed by atoms with Crippen LogP contribution < -0.4 is 0 Å². The van der Waals surface area contributed by atoms with Gasteiger partial charge in [-0.15, -0.1) is 0 Å². The molecule has 3 heterocycles.